The van der Waals surface area contributed by atoms with E-state index in [1.807, 2.05) is 0 Å². The summed E-state index contributed by atoms with van der Waals surface area (Å²) in [4.78, 5) is 13.7. The van der Waals surface area contributed by atoms with Crippen molar-refractivity contribution in [1.29, 1.82) is 0 Å². The van der Waals surface area contributed by atoms with Crippen LogP contribution < -0.4 is 0 Å². The molecule has 3 nitrogen and oxygen atoms in total. The average molecular weight is 246 g/mol. The number of hydrogen-bond acceptors (Lipinski definition) is 3. The fraction of sp³-hybridized carbons (Fsp3) is 0. The summed E-state index contributed by atoms with van der Waals surface area (Å²) < 4.78 is 13.5. The molecule has 0 amide bonds. The van der Waals surface area contributed by atoms with Crippen LogP contribution in [-0.2, 0) is 9.63 Å². The second kappa shape index (κ2) is 4.71. The molecule has 68 valence electrons. The lowest BCUT2D eigenvalue weighted by Gasteiger charge is -1.96. The van der Waals surface area contributed by atoms with Crippen molar-refractivity contribution >= 4 is 28.6 Å². The first-order chi connectivity index (χ1) is 6.25. The summed E-state index contributed by atoms with van der Waals surface area (Å²) >= 11 is 3.01. The van der Waals surface area contributed by atoms with Gasteiger partial charge in [0.2, 0.25) is 0 Å². The molecule has 0 N–H and O–H groups in total. The lowest BCUT2D eigenvalue weighted by molar-refractivity contribution is -0.128. The SMILES string of the molecule is O=CON=Cc1cccc(Br)c1F. The van der Waals surface area contributed by atoms with E-state index in [4.69, 9.17) is 0 Å². The Bertz CT molecular complexity index is 341. The van der Waals surface area contributed by atoms with Crippen molar-refractivity contribution in [2.45, 2.75) is 0 Å². The van der Waals surface area contributed by atoms with Crippen LogP contribution in [0.4, 0.5) is 4.39 Å². The van der Waals surface area contributed by atoms with Crippen LogP contribution >= 0.6 is 15.9 Å². The van der Waals surface area contributed by atoms with E-state index in [2.05, 4.69) is 25.9 Å². The third-order valence-corrected chi connectivity index (χ3v) is 1.89. The molecule has 0 spiro atoms. The van der Waals surface area contributed by atoms with Crippen LogP contribution in [-0.4, -0.2) is 12.7 Å². The van der Waals surface area contributed by atoms with Crippen molar-refractivity contribution in [2.24, 2.45) is 5.16 Å². The summed E-state index contributed by atoms with van der Waals surface area (Å²) in [5.74, 6) is -0.444. The molecule has 0 heterocycles. The fourth-order valence-corrected chi connectivity index (χ4v) is 1.11. The van der Waals surface area contributed by atoms with Crippen LogP contribution in [0.15, 0.2) is 27.8 Å². The highest BCUT2D eigenvalue weighted by molar-refractivity contribution is 9.10. The number of halogens is 2. The molecule has 1 aromatic carbocycles. The van der Waals surface area contributed by atoms with Gasteiger partial charge in [-0.1, -0.05) is 17.3 Å². The summed E-state index contributed by atoms with van der Waals surface area (Å²) in [6.45, 7) is 0.159. The monoisotopic (exact) mass is 245 g/mol. The van der Waals surface area contributed by atoms with Crippen LogP contribution in [0.5, 0.6) is 0 Å². The molecule has 0 bridgehead atoms. The van der Waals surface area contributed by atoms with Gasteiger partial charge in [0.1, 0.15) is 5.82 Å². The molecule has 0 fully saturated rings. The smallest absolute Gasteiger partial charge is 0.322 e. The first-order valence-electron chi connectivity index (χ1n) is 3.32. The molecular weight excluding hydrogens is 241 g/mol. The van der Waals surface area contributed by atoms with Crippen molar-refractivity contribution in [2.75, 3.05) is 0 Å². The van der Waals surface area contributed by atoms with Gasteiger partial charge in [0.05, 0.1) is 10.7 Å². The molecule has 1 rings (SSSR count). The predicted molar refractivity (Wildman–Crippen MR) is 48.8 cm³/mol. The van der Waals surface area contributed by atoms with Gasteiger partial charge in [0.15, 0.2) is 0 Å². The van der Waals surface area contributed by atoms with Crippen LogP contribution in [0.25, 0.3) is 0 Å². The second-order valence-electron chi connectivity index (χ2n) is 2.08. The number of oxime groups is 1. The number of carbonyl (C=O) groups excluding carboxylic acids is 1. The van der Waals surface area contributed by atoms with Crippen LogP contribution in [0.2, 0.25) is 0 Å². The van der Waals surface area contributed by atoms with Crippen molar-refractivity contribution in [3.8, 4) is 0 Å². The van der Waals surface area contributed by atoms with Crippen LogP contribution in [0.1, 0.15) is 5.56 Å². The predicted octanol–water partition coefficient (Wildman–Crippen LogP) is 2.10. The quantitative estimate of drug-likeness (QED) is 0.354. The van der Waals surface area contributed by atoms with Crippen LogP contribution in [0, 0.1) is 5.82 Å². The molecule has 0 aromatic heterocycles. The second-order valence-corrected chi connectivity index (χ2v) is 2.93. The zero-order chi connectivity index (χ0) is 9.68. The molecule has 5 heteroatoms. The minimum atomic E-state index is -0.444. The number of rotatable bonds is 3. The topological polar surface area (TPSA) is 38.7 Å². The molecule has 0 radical (unpaired) electrons. The van der Waals surface area contributed by atoms with E-state index in [-0.39, 0.29) is 12.0 Å². The van der Waals surface area contributed by atoms with E-state index in [0.717, 1.165) is 6.21 Å². The fourth-order valence-electron chi connectivity index (χ4n) is 0.732. The maximum absolute atomic E-state index is 13.1. The Kier molecular flexibility index (Phi) is 3.57. The van der Waals surface area contributed by atoms with E-state index in [0.29, 0.717) is 4.47 Å². The Balaban J connectivity index is 2.88. The summed E-state index contributed by atoms with van der Waals surface area (Å²) in [7, 11) is 0. The van der Waals surface area contributed by atoms with Crippen LogP contribution in [0.3, 0.4) is 0 Å². The van der Waals surface area contributed by atoms with E-state index in [9.17, 15) is 9.18 Å². The number of benzene rings is 1. The zero-order valence-corrected chi connectivity index (χ0v) is 7.99. The van der Waals surface area contributed by atoms with E-state index in [1.54, 1.807) is 12.1 Å². The standard InChI is InChI=1S/C8H5BrFNO2/c9-7-3-1-2-6(8(7)10)4-11-13-5-12/h1-5H. The molecule has 0 saturated heterocycles. The Labute approximate surface area is 82.3 Å². The van der Waals surface area contributed by atoms with Gasteiger partial charge in [-0.05, 0) is 22.0 Å². The van der Waals surface area contributed by atoms with Gasteiger partial charge in [0.25, 0.3) is 0 Å². The van der Waals surface area contributed by atoms with Crippen molar-refractivity contribution in [1.82, 2.24) is 0 Å². The van der Waals surface area contributed by atoms with Gasteiger partial charge in [-0.3, -0.25) is 4.79 Å². The summed E-state index contributed by atoms with van der Waals surface area (Å²) in [5, 5.41) is 3.21. The minimum absolute atomic E-state index is 0.159. The molecule has 0 aliphatic heterocycles. The Morgan fingerprint density at radius 3 is 3.00 bits per heavy atom. The third kappa shape index (κ3) is 2.62. The Morgan fingerprint density at radius 1 is 1.54 bits per heavy atom. The summed E-state index contributed by atoms with van der Waals surface area (Å²) in [5.41, 5.74) is 0.247. The number of nitrogens with zero attached hydrogens (tertiary/aromatic N) is 1. The summed E-state index contributed by atoms with van der Waals surface area (Å²) in [6.07, 6.45) is 1.12. The maximum atomic E-state index is 13.1. The van der Waals surface area contributed by atoms with Gasteiger partial charge in [0, 0.05) is 5.56 Å². The zero-order valence-electron chi connectivity index (χ0n) is 6.41. The normalized spacial score (nSPS) is 10.3. The Hall–Kier alpha value is -1.23. The van der Waals surface area contributed by atoms with E-state index in [1.165, 1.54) is 6.07 Å². The average Bonchev–Trinajstić information content (AvgIpc) is 2.13. The molecule has 0 atom stereocenters. The van der Waals surface area contributed by atoms with Gasteiger partial charge < -0.3 is 4.84 Å². The van der Waals surface area contributed by atoms with Crippen molar-refractivity contribution in [3.63, 3.8) is 0 Å². The van der Waals surface area contributed by atoms with Gasteiger partial charge in [-0.15, -0.1) is 0 Å². The summed E-state index contributed by atoms with van der Waals surface area (Å²) in [6, 6.07) is 4.72. The molecule has 13 heavy (non-hydrogen) atoms. The van der Waals surface area contributed by atoms with Crippen molar-refractivity contribution in [3.05, 3.63) is 34.1 Å². The minimum Gasteiger partial charge on any atom is -0.322 e. The van der Waals surface area contributed by atoms with E-state index < -0.39 is 5.82 Å². The first kappa shape index (κ1) is 9.85. The van der Waals surface area contributed by atoms with Gasteiger partial charge in [-0.25, -0.2) is 4.39 Å². The highest BCUT2D eigenvalue weighted by Crippen LogP contribution is 2.16. The van der Waals surface area contributed by atoms with Crippen molar-refractivity contribution < 1.29 is 14.0 Å². The largest absolute Gasteiger partial charge is 0.323 e. The lowest BCUT2D eigenvalue weighted by atomic mass is 10.2. The number of carbonyl (C=O) groups is 1. The molecule has 0 saturated carbocycles. The lowest BCUT2D eigenvalue weighted by Crippen LogP contribution is -1.89. The van der Waals surface area contributed by atoms with Gasteiger partial charge in [-0.2, -0.15) is 0 Å². The molecule has 0 aliphatic carbocycles. The number of hydrogen-bond donors (Lipinski definition) is 0. The maximum Gasteiger partial charge on any atom is 0.323 e. The molecule has 1 aromatic rings. The van der Waals surface area contributed by atoms with E-state index >= 15 is 0 Å². The molecule has 0 unspecified atom stereocenters. The molecular formula is C8H5BrFNO2. The van der Waals surface area contributed by atoms with Gasteiger partial charge >= 0.3 is 6.47 Å². The Morgan fingerprint density at radius 2 is 2.31 bits per heavy atom. The highest BCUT2D eigenvalue weighted by Gasteiger charge is 2.02. The molecule has 0 aliphatic rings. The highest BCUT2D eigenvalue weighted by atomic mass is 79.9. The first-order valence-corrected chi connectivity index (χ1v) is 4.12. The third-order valence-electron chi connectivity index (χ3n) is 1.28.